The highest BCUT2D eigenvalue weighted by Gasteiger charge is 2.41. The largest absolute Gasteiger partial charge is 0.378 e. The van der Waals surface area contributed by atoms with Crippen LogP contribution >= 0.6 is 0 Å². The Morgan fingerprint density at radius 1 is 1.45 bits per heavy atom. The average molecular weight is 284 g/mol. The first-order valence-electron chi connectivity index (χ1n) is 8.20. The number of ether oxygens (including phenoxy) is 1. The molecule has 4 heteroatoms. The van der Waals surface area contributed by atoms with Gasteiger partial charge in [0.05, 0.1) is 6.10 Å². The molecular formula is C16H32N2O2. The number of carbonyl (C=O) groups excluding carboxylic acids is 1. The third kappa shape index (κ3) is 5.06. The number of nitrogens with one attached hydrogen (secondary N) is 1. The van der Waals surface area contributed by atoms with Crippen molar-refractivity contribution < 1.29 is 9.53 Å². The van der Waals surface area contributed by atoms with Crippen LogP contribution in [-0.2, 0) is 9.53 Å². The van der Waals surface area contributed by atoms with Crippen molar-refractivity contribution in [3.05, 3.63) is 0 Å². The lowest BCUT2D eigenvalue weighted by Gasteiger charge is -2.39. The van der Waals surface area contributed by atoms with Gasteiger partial charge in [-0.15, -0.1) is 0 Å². The third-order valence-electron chi connectivity index (χ3n) is 4.29. The van der Waals surface area contributed by atoms with E-state index in [-0.39, 0.29) is 12.0 Å². The number of rotatable bonds is 9. The summed E-state index contributed by atoms with van der Waals surface area (Å²) in [5.74, 6) is 0.370. The number of carbonyl (C=O) groups is 1. The average Bonchev–Trinajstić information content (AvgIpc) is 2.43. The molecule has 1 saturated carbocycles. The van der Waals surface area contributed by atoms with Crippen LogP contribution in [0.3, 0.4) is 0 Å². The minimum atomic E-state index is -0.549. The molecule has 1 aliphatic carbocycles. The molecule has 0 spiro atoms. The van der Waals surface area contributed by atoms with Gasteiger partial charge in [0, 0.05) is 13.0 Å². The summed E-state index contributed by atoms with van der Waals surface area (Å²) in [6, 6.07) is 0. The Labute approximate surface area is 123 Å². The van der Waals surface area contributed by atoms with Crippen molar-refractivity contribution in [1.29, 1.82) is 0 Å². The summed E-state index contributed by atoms with van der Waals surface area (Å²) in [5, 5.41) is 3.37. The molecule has 0 radical (unpaired) electrons. The quantitative estimate of drug-likeness (QED) is 0.684. The molecule has 1 aliphatic rings. The summed E-state index contributed by atoms with van der Waals surface area (Å²) in [6.45, 7) is 8.15. The standard InChI is InChI=1S/C16H32N2O2/c1-4-7-13(3)12-20-14-8-6-9-16(11-14,15(17)19)18-10-5-2/h13-14,18H,4-12H2,1-3H3,(H2,17,19). The van der Waals surface area contributed by atoms with Gasteiger partial charge in [-0.2, -0.15) is 0 Å². The normalized spacial score (nSPS) is 28.2. The van der Waals surface area contributed by atoms with E-state index in [1.165, 1.54) is 12.8 Å². The summed E-state index contributed by atoms with van der Waals surface area (Å²) in [4.78, 5) is 11.9. The first-order chi connectivity index (χ1) is 9.54. The maximum atomic E-state index is 11.9. The van der Waals surface area contributed by atoms with Gasteiger partial charge in [-0.1, -0.05) is 27.2 Å². The highest BCUT2D eigenvalue weighted by molar-refractivity contribution is 5.84. The van der Waals surface area contributed by atoms with Gasteiger partial charge in [0.25, 0.3) is 0 Å². The highest BCUT2D eigenvalue weighted by atomic mass is 16.5. The first-order valence-corrected chi connectivity index (χ1v) is 8.20. The molecule has 0 aliphatic heterocycles. The van der Waals surface area contributed by atoms with E-state index in [1.54, 1.807) is 0 Å². The van der Waals surface area contributed by atoms with Crippen LogP contribution in [0.15, 0.2) is 0 Å². The zero-order valence-corrected chi connectivity index (χ0v) is 13.4. The van der Waals surface area contributed by atoms with E-state index in [2.05, 4.69) is 26.1 Å². The lowest BCUT2D eigenvalue weighted by molar-refractivity contribution is -0.128. The van der Waals surface area contributed by atoms with Crippen molar-refractivity contribution in [3.8, 4) is 0 Å². The van der Waals surface area contributed by atoms with Crippen LogP contribution in [0.25, 0.3) is 0 Å². The van der Waals surface area contributed by atoms with E-state index < -0.39 is 5.54 Å². The predicted octanol–water partition coefficient (Wildman–Crippen LogP) is 2.61. The van der Waals surface area contributed by atoms with Gasteiger partial charge < -0.3 is 15.8 Å². The molecule has 0 bridgehead atoms. The fourth-order valence-corrected chi connectivity index (χ4v) is 3.08. The Morgan fingerprint density at radius 3 is 2.80 bits per heavy atom. The second-order valence-electron chi connectivity index (χ2n) is 6.32. The second-order valence-corrected chi connectivity index (χ2v) is 6.32. The van der Waals surface area contributed by atoms with Crippen molar-refractivity contribution in [2.45, 2.75) is 77.4 Å². The van der Waals surface area contributed by atoms with Gasteiger partial charge in [0.1, 0.15) is 5.54 Å². The van der Waals surface area contributed by atoms with Crippen LogP contribution in [0.4, 0.5) is 0 Å². The monoisotopic (exact) mass is 284 g/mol. The molecule has 1 rings (SSSR count). The van der Waals surface area contributed by atoms with Crippen molar-refractivity contribution in [2.24, 2.45) is 11.7 Å². The molecule has 118 valence electrons. The van der Waals surface area contributed by atoms with E-state index in [1.807, 2.05) is 0 Å². The molecule has 3 N–H and O–H groups in total. The summed E-state index contributed by atoms with van der Waals surface area (Å²) < 4.78 is 6.03. The van der Waals surface area contributed by atoms with Crippen molar-refractivity contribution >= 4 is 5.91 Å². The van der Waals surface area contributed by atoms with Gasteiger partial charge in [-0.25, -0.2) is 0 Å². The number of amides is 1. The fraction of sp³-hybridized carbons (Fsp3) is 0.938. The summed E-state index contributed by atoms with van der Waals surface area (Å²) >= 11 is 0. The SMILES string of the molecule is CCCNC1(C(N)=O)CCCC(OCC(C)CCC)C1. The predicted molar refractivity (Wildman–Crippen MR) is 82.5 cm³/mol. The molecule has 3 unspecified atom stereocenters. The molecule has 3 atom stereocenters. The molecule has 0 aromatic carbocycles. The summed E-state index contributed by atoms with van der Waals surface area (Å²) in [6.07, 6.45) is 7.18. The lowest BCUT2D eigenvalue weighted by atomic mass is 9.79. The van der Waals surface area contributed by atoms with E-state index in [0.29, 0.717) is 5.92 Å². The lowest BCUT2D eigenvalue weighted by Crippen LogP contribution is -2.59. The fourth-order valence-electron chi connectivity index (χ4n) is 3.08. The molecule has 20 heavy (non-hydrogen) atoms. The maximum absolute atomic E-state index is 11.9. The van der Waals surface area contributed by atoms with Crippen molar-refractivity contribution in [2.75, 3.05) is 13.2 Å². The Kier molecular flexibility index (Phi) is 7.52. The van der Waals surface area contributed by atoms with Crippen LogP contribution in [0.5, 0.6) is 0 Å². The highest BCUT2D eigenvalue weighted by Crippen LogP contribution is 2.30. The van der Waals surface area contributed by atoms with E-state index in [0.717, 1.165) is 45.3 Å². The van der Waals surface area contributed by atoms with Crippen LogP contribution in [0.2, 0.25) is 0 Å². The number of hydrogen-bond donors (Lipinski definition) is 2. The molecule has 0 saturated heterocycles. The molecule has 1 amide bonds. The third-order valence-corrected chi connectivity index (χ3v) is 4.29. The zero-order valence-electron chi connectivity index (χ0n) is 13.4. The van der Waals surface area contributed by atoms with Crippen molar-refractivity contribution in [1.82, 2.24) is 5.32 Å². The number of hydrogen-bond acceptors (Lipinski definition) is 3. The van der Waals surface area contributed by atoms with Gasteiger partial charge >= 0.3 is 0 Å². The Bertz CT molecular complexity index is 296. The molecule has 0 aromatic heterocycles. The molecule has 0 aromatic rings. The topological polar surface area (TPSA) is 64.3 Å². The van der Waals surface area contributed by atoms with Gasteiger partial charge in [0.15, 0.2) is 0 Å². The smallest absolute Gasteiger partial charge is 0.237 e. The van der Waals surface area contributed by atoms with Crippen LogP contribution in [-0.4, -0.2) is 30.7 Å². The zero-order chi connectivity index (χ0) is 15.0. The van der Waals surface area contributed by atoms with Gasteiger partial charge in [0.2, 0.25) is 5.91 Å². The Morgan fingerprint density at radius 2 is 2.20 bits per heavy atom. The second kappa shape index (κ2) is 8.63. The Balaban J connectivity index is 2.52. The Hall–Kier alpha value is -0.610. The summed E-state index contributed by atoms with van der Waals surface area (Å²) in [5.41, 5.74) is 5.10. The van der Waals surface area contributed by atoms with E-state index in [9.17, 15) is 4.79 Å². The van der Waals surface area contributed by atoms with E-state index in [4.69, 9.17) is 10.5 Å². The number of nitrogens with two attached hydrogens (primary N) is 1. The van der Waals surface area contributed by atoms with Gasteiger partial charge in [-0.3, -0.25) is 4.79 Å². The molecular weight excluding hydrogens is 252 g/mol. The molecule has 0 heterocycles. The summed E-state index contributed by atoms with van der Waals surface area (Å²) in [7, 11) is 0. The molecule has 4 nitrogen and oxygen atoms in total. The minimum absolute atomic E-state index is 0.167. The van der Waals surface area contributed by atoms with Crippen LogP contribution < -0.4 is 11.1 Å². The van der Waals surface area contributed by atoms with Crippen LogP contribution in [0, 0.1) is 5.92 Å². The first kappa shape index (κ1) is 17.4. The number of primary amides is 1. The minimum Gasteiger partial charge on any atom is -0.378 e. The van der Waals surface area contributed by atoms with Crippen LogP contribution in [0.1, 0.15) is 65.7 Å². The van der Waals surface area contributed by atoms with Crippen molar-refractivity contribution in [3.63, 3.8) is 0 Å². The molecule has 1 fully saturated rings. The maximum Gasteiger partial charge on any atom is 0.237 e. The van der Waals surface area contributed by atoms with Gasteiger partial charge in [-0.05, 0) is 44.6 Å². The van der Waals surface area contributed by atoms with E-state index >= 15 is 0 Å².